The van der Waals surface area contributed by atoms with E-state index in [0.717, 1.165) is 6.42 Å². The van der Waals surface area contributed by atoms with Gasteiger partial charge >= 0.3 is 0 Å². The highest BCUT2D eigenvalue weighted by atomic mass is 15.1. The summed E-state index contributed by atoms with van der Waals surface area (Å²) in [6.45, 7) is 18.2. The second-order valence-corrected chi connectivity index (χ2v) is 9.41. The summed E-state index contributed by atoms with van der Waals surface area (Å²) in [6.07, 6.45) is 7.75. The Hall–Kier alpha value is -2.35. The maximum Gasteiger partial charge on any atom is 0.254 e. The molecule has 3 aromatic rings. The van der Waals surface area contributed by atoms with Crippen molar-refractivity contribution in [2.24, 2.45) is 11.8 Å². The zero-order chi connectivity index (χ0) is 21.3. The Balaban J connectivity index is 2.12. The molecule has 1 aromatic heterocycles. The van der Waals surface area contributed by atoms with Crippen molar-refractivity contribution in [3.63, 3.8) is 0 Å². The van der Waals surface area contributed by atoms with E-state index in [-0.39, 0.29) is 0 Å². The molecule has 1 unspecified atom stereocenters. The van der Waals surface area contributed by atoms with Gasteiger partial charge in [0.05, 0.1) is 0 Å². The summed E-state index contributed by atoms with van der Waals surface area (Å²) >= 11 is 0. The number of aryl methyl sites for hydroxylation is 3. The van der Waals surface area contributed by atoms with Crippen LogP contribution in [0.1, 0.15) is 68.4 Å². The number of imidazole rings is 1. The van der Waals surface area contributed by atoms with E-state index in [4.69, 9.17) is 0 Å². The summed E-state index contributed by atoms with van der Waals surface area (Å²) in [5.41, 5.74) is 9.45. The molecule has 0 saturated heterocycles. The van der Waals surface area contributed by atoms with E-state index >= 15 is 0 Å². The van der Waals surface area contributed by atoms with Gasteiger partial charge in [0.25, 0.3) is 6.33 Å². The fourth-order valence-corrected chi connectivity index (χ4v) is 4.34. The van der Waals surface area contributed by atoms with E-state index in [0.29, 0.717) is 17.8 Å². The Morgan fingerprint density at radius 2 is 1.59 bits per heavy atom. The molecule has 0 aliphatic rings. The first-order valence-corrected chi connectivity index (χ1v) is 11.0. The largest absolute Gasteiger partial charge is 0.254 e. The molecule has 0 amide bonds. The smallest absolute Gasteiger partial charge is 0.202 e. The highest BCUT2D eigenvalue weighted by molar-refractivity contribution is 5.50. The van der Waals surface area contributed by atoms with Gasteiger partial charge in [-0.1, -0.05) is 70.5 Å². The lowest BCUT2D eigenvalue weighted by Crippen LogP contribution is -2.30. The monoisotopic (exact) mass is 389 g/mol. The van der Waals surface area contributed by atoms with Gasteiger partial charge < -0.3 is 0 Å². The molecule has 0 fully saturated rings. The van der Waals surface area contributed by atoms with E-state index in [2.05, 4.69) is 114 Å². The first kappa shape index (κ1) is 21.4. The van der Waals surface area contributed by atoms with Crippen molar-refractivity contribution in [1.82, 2.24) is 4.57 Å². The van der Waals surface area contributed by atoms with Crippen molar-refractivity contribution in [3.05, 3.63) is 76.9 Å². The Bertz CT molecular complexity index is 969. The molecule has 29 heavy (non-hydrogen) atoms. The minimum absolute atomic E-state index is 0.484. The second kappa shape index (κ2) is 8.57. The molecule has 0 N–H and O–H groups in total. The van der Waals surface area contributed by atoms with Crippen molar-refractivity contribution in [3.8, 4) is 11.4 Å². The Labute approximate surface area is 177 Å². The molecular formula is C27H37N2+. The van der Waals surface area contributed by atoms with Crippen LogP contribution in [0, 0.1) is 32.6 Å². The molecule has 2 aromatic carbocycles. The lowest BCUT2D eigenvalue weighted by atomic mass is 9.88. The fourth-order valence-electron chi connectivity index (χ4n) is 4.34. The van der Waals surface area contributed by atoms with Gasteiger partial charge in [0.15, 0.2) is 0 Å². The average molecular weight is 390 g/mol. The molecule has 154 valence electrons. The first-order chi connectivity index (χ1) is 13.7. The molecule has 2 heteroatoms. The van der Waals surface area contributed by atoms with Gasteiger partial charge in [0.2, 0.25) is 0 Å². The van der Waals surface area contributed by atoms with Crippen LogP contribution in [0.3, 0.4) is 0 Å². The van der Waals surface area contributed by atoms with Crippen LogP contribution in [0.4, 0.5) is 0 Å². The summed E-state index contributed by atoms with van der Waals surface area (Å²) in [5.74, 6) is 1.82. The first-order valence-electron chi connectivity index (χ1n) is 11.0. The van der Waals surface area contributed by atoms with Crippen LogP contribution in [0.2, 0.25) is 0 Å². The number of para-hydroxylation sites is 1. The maximum atomic E-state index is 2.37. The Morgan fingerprint density at radius 3 is 2.17 bits per heavy atom. The van der Waals surface area contributed by atoms with Crippen LogP contribution >= 0.6 is 0 Å². The SMILES string of the molecule is Cc1cc(C)c(-[n+]2ccn(-c3c(CC(C)C(C)C)cccc3C(C)C)c2)c(C)c1. The molecule has 0 aliphatic carbocycles. The standard InChI is InChI=1S/C27H37N2/c1-18(2)21(6)16-24-10-9-11-25(19(3)4)27(24)29-13-12-28(17-29)26-22(7)14-20(5)15-23(26)8/h9-15,17-19,21H,16H2,1-8H3/q+1. The highest BCUT2D eigenvalue weighted by Crippen LogP contribution is 2.29. The van der Waals surface area contributed by atoms with E-state index < -0.39 is 0 Å². The third kappa shape index (κ3) is 4.47. The number of aromatic nitrogens is 2. The van der Waals surface area contributed by atoms with Crippen molar-refractivity contribution < 1.29 is 4.57 Å². The highest BCUT2D eigenvalue weighted by Gasteiger charge is 2.22. The van der Waals surface area contributed by atoms with E-state index in [9.17, 15) is 0 Å². The van der Waals surface area contributed by atoms with Gasteiger partial charge in [0, 0.05) is 5.56 Å². The van der Waals surface area contributed by atoms with Crippen molar-refractivity contribution in [1.29, 1.82) is 0 Å². The summed E-state index contributed by atoms with van der Waals surface area (Å²) < 4.78 is 4.60. The van der Waals surface area contributed by atoms with Gasteiger partial charge in [-0.3, -0.25) is 0 Å². The van der Waals surface area contributed by atoms with Crippen LogP contribution < -0.4 is 4.57 Å². The molecule has 1 atom stereocenters. The zero-order valence-electron chi connectivity index (χ0n) is 19.5. The maximum absolute atomic E-state index is 2.37. The molecule has 3 rings (SSSR count). The third-order valence-corrected chi connectivity index (χ3v) is 6.24. The Morgan fingerprint density at radius 1 is 0.931 bits per heavy atom. The predicted molar refractivity (Wildman–Crippen MR) is 123 cm³/mol. The van der Waals surface area contributed by atoms with Crippen LogP contribution in [0.5, 0.6) is 0 Å². The van der Waals surface area contributed by atoms with Crippen LogP contribution in [0.25, 0.3) is 11.4 Å². The quantitative estimate of drug-likeness (QED) is 0.418. The van der Waals surface area contributed by atoms with Crippen molar-refractivity contribution in [2.45, 2.75) is 67.7 Å². The predicted octanol–water partition coefficient (Wildman–Crippen LogP) is 6.64. The molecule has 0 radical (unpaired) electrons. The third-order valence-electron chi connectivity index (χ3n) is 6.24. The summed E-state index contributed by atoms with van der Waals surface area (Å²) in [4.78, 5) is 0. The average Bonchev–Trinajstić information content (AvgIpc) is 3.09. The summed E-state index contributed by atoms with van der Waals surface area (Å²) in [7, 11) is 0. The molecule has 1 heterocycles. The minimum atomic E-state index is 0.484. The van der Waals surface area contributed by atoms with Gasteiger partial charge in [-0.15, -0.1) is 0 Å². The molecule has 0 bridgehead atoms. The number of rotatable bonds is 6. The number of benzene rings is 2. The lowest BCUT2D eigenvalue weighted by Gasteiger charge is -2.19. The van der Waals surface area contributed by atoms with Crippen LogP contribution in [-0.2, 0) is 6.42 Å². The molecule has 0 aliphatic heterocycles. The lowest BCUT2D eigenvalue weighted by molar-refractivity contribution is -0.595. The van der Waals surface area contributed by atoms with Crippen LogP contribution in [0.15, 0.2) is 49.1 Å². The van der Waals surface area contributed by atoms with Gasteiger partial charge in [0.1, 0.15) is 23.8 Å². The number of nitrogens with zero attached hydrogens (tertiary/aromatic N) is 2. The van der Waals surface area contributed by atoms with Crippen molar-refractivity contribution >= 4 is 0 Å². The van der Waals surface area contributed by atoms with E-state index in [1.54, 1.807) is 0 Å². The van der Waals surface area contributed by atoms with Gasteiger partial charge in [-0.25, -0.2) is 9.13 Å². The van der Waals surface area contributed by atoms with Gasteiger partial charge in [-0.2, -0.15) is 0 Å². The van der Waals surface area contributed by atoms with Crippen LogP contribution in [-0.4, -0.2) is 4.57 Å². The summed E-state index contributed by atoms with van der Waals surface area (Å²) in [6, 6.07) is 11.4. The van der Waals surface area contributed by atoms with Crippen molar-refractivity contribution in [2.75, 3.05) is 0 Å². The topological polar surface area (TPSA) is 8.81 Å². The van der Waals surface area contributed by atoms with E-state index in [1.807, 2.05) is 0 Å². The fraction of sp³-hybridized carbons (Fsp3) is 0.444. The van der Waals surface area contributed by atoms with Gasteiger partial charge in [-0.05, 0) is 61.6 Å². The molecule has 0 saturated carbocycles. The zero-order valence-corrected chi connectivity index (χ0v) is 19.5. The molecular weight excluding hydrogens is 352 g/mol. The molecule has 0 spiro atoms. The minimum Gasteiger partial charge on any atom is -0.202 e. The summed E-state index contributed by atoms with van der Waals surface area (Å²) in [5, 5.41) is 0. The number of hydrogen-bond donors (Lipinski definition) is 0. The molecule has 2 nitrogen and oxygen atoms in total. The van der Waals surface area contributed by atoms with E-state index in [1.165, 1.54) is 39.2 Å². The second-order valence-electron chi connectivity index (χ2n) is 9.41. The number of hydrogen-bond acceptors (Lipinski definition) is 0. The normalized spacial score (nSPS) is 12.8. The Kier molecular flexibility index (Phi) is 6.31.